The maximum absolute atomic E-state index is 12.1. The molecule has 0 fully saturated rings. The second kappa shape index (κ2) is 8.49. The van der Waals surface area contributed by atoms with Crippen molar-refractivity contribution < 1.29 is 14.7 Å². The first kappa shape index (κ1) is 20.9. The van der Waals surface area contributed by atoms with Crippen LogP contribution in [0.2, 0.25) is 0 Å². The fourth-order valence-electron chi connectivity index (χ4n) is 3.13. The quantitative estimate of drug-likeness (QED) is 0.653. The molecule has 0 saturated carbocycles. The van der Waals surface area contributed by atoms with Crippen molar-refractivity contribution in [2.45, 2.75) is 25.5 Å². The van der Waals surface area contributed by atoms with E-state index in [1.54, 1.807) is 52.3 Å². The highest BCUT2D eigenvalue weighted by atomic mass is 16.3. The van der Waals surface area contributed by atoms with Crippen LogP contribution in [0.1, 0.15) is 23.1 Å². The number of amides is 2. The molecule has 8 heteroatoms. The molecule has 8 nitrogen and oxygen atoms in total. The number of aromatic nitrogens is 2. The molecule has 0 unspecified atom stereocenters. The first-order valence-electron chi connectivity index (χ1n) is 8.92. The number of rotatable bonds is 7. The summed E-state index contributed by atoms with van der Waals surface area (Å²) in [5.74, 6) is 0.207. The third-order valence-electron chi connectivity index (χ3n) is 4.68. The number of carbonyl (C=O) groups is 2. The molecule has 2 aromatic rings. The van der Waals surface area contributed by atoms with E-state index in [0.29, 0.717) is 23.3 Å². The van der Waals surface area contributed by atoms with Crippen molar-refractivity contribution in [1.82, 2.24) is 25.1 Å². The lowest BCUT2D eigenvalue weighted by molar-refractivity contribution is -0.130. The van der Waals surface area contributed by atoms with Gasteiger partial charge in [-0.2, -0.15) is 0 Å². The Morgan fingerprint density at radius 1 is 1.26 bits per heavy atom. The van der Waals surface area contributed by atoms with Crippen LogP contribution >= 0.6 is 0 Å². The van der Waals surface area contributed by atoms with Gasteiger partial charge in [0.1, 0.15) is 11.9 Å². The minimum absolute atomic E-state index is 0.0790. The first-order chi connectivity index (χ1) is 12.6. The Balaban J connectivity index is 2.19. The van der Waals surface area contributed by atoms with E-state index in [1.807, 2.05) is 13.0 Å². The Morgan fingerprint density at radius 3 is 2.48 bits per heavy atom. The van der Waals surface area contributed by atoms with E-state index in [0.717, 1.165) is 5.52 Å². The zero-order chi connectivity index (χ0) is 20.3. The predicted molar refractivity (Wildman–Crippen MR) is 105 cm³/mol. The second-order valence-corrected chi connectivity index (χ2v) is 7.31. The smallest absolute Gasteiger partial charge is 0.253 e. The average Bonchev–Trinajstić information content (AvgIpc) is 3.01. The highest BCUT2D eigenvalue weighted by Crippen LogP contribution is 2.19. The molecule has 148 valence electrons. The molecule has 0 spiro atoms. The summed E-state index contributed by atoms with van der Waals surface area (Å²) in [5, 5.41) is 13.3. The molecule has 3 atom stereocenters. The summed E-state index contributed by atoms with van der Waals surface area (Å²) >= 11 is 0. The van der Waals surface area contributed by atoms with Crippen LogP contribution in [0, 0.1) is 5.92 Å². The van der Waals surface area contributed by atoms with Gasteiger partial charge in [-0.1, -0.05) is 6.92 Å². The number of nitrogens with zero attached hydrogens (tertiary/aromatic N) is 3. The molecule has 2 rings (SSSR count). The molecule has 0 aliphatic carbocycles. The summed E-state index contributed by atoms with van der Waals surface area (Å²) < 4.78 is 0. The molecule has 0 aliphatic heterocycles. The van der Waals surface area contributed by atoms with E-state index in [2.05, 4.69) is 15.3 Å². The van der Waals surface area contributed by atoms with Crippen molar-refractivity contribution in [2.75, 3.05) is 35.2 Å². The number of aliphatic hydroxyl groups excluding tert-OH is 1. The van der Waals surface area contributed by atoms with E-state index in [9.17, 15) is 14.7 Å². The van der Waals surface area contributed by atoms with Gasteiger partial charge in [0.05, 0.1) is 17.1 Å². The van der Waals surface area contributed by atoms with Crippen molar-refractivity contribution in [1.29, 1.82) is 0 Å². The number of hydrogen-bond donors (Lipinski definition) is 3. The molecule has 0 radical (unpaired) electrons. The lowest BCUT2D eigenvalue weighted by atomic mass is 9.93. The van der Waals surface area contributed by atoms with Gasteiger partial charge in [-0.3, -0.25) is 14.5 Å². The standard InChI is InChI=1S/C19H29N5O3/c1-11(17(25)16(23(3)4)18(26)20-2)9-15-21-13-8-7-12(10-14(13)22-15)19(27)24(5)6/h7-8,10-11,16-17,25H,9H2,1-6H3,(H,20,26)(H,21,22)/t11-,16-,17-/m1/s1. The van der Waals surface area contributed by atoms with Gasteiger partial charge in [-0.25, -0.2) is 4.98 Å². The lowest BCUT2D eigenvalue weighted by Gasteiger charge is -2.30. The summed E-state index contributed by atoms with van der Waals surface area (Å²) in [7, 11) is 8.50. The zero-order valence-corrected chi connectivity index (χ0v) is 16.8. The van der Waals surface area contributed by atoms with Crippen LogP contribution in [0.3, 0.4) is 0 Å². The molecule has 1 aromatic heterocycles. The summed E-state index contributed by atoms with van der Waals surface area (Å²) in [4.78, 5) is 35.2. The van der Waals surface area contributed by atoms with Gasteiger partial charge in [-0.05, 0) is 38.2 Å². The molecule has 1 aromatic carbocycles. The third-order valence-corrected chi connectivity index (χ3v) is 4.68. The number of benzene rings is 1. The highest BCUT2D eigenvalue weighted by molar-refractivity contribution is 5.97. The van der Waals surface area contributed by atoms with Gasteiger partial charge in [0.2, 0.25) is 5.91 Å². The number of carbonyl (C=O) groups excluding carboxylic acids is 2. The Hall–Kier alpha value is -2.45. The minimum atomic E-state index is -0.848. The molecular weight excluding hydrogens is 346 g/mol. The monoisotopic (exact) mass is 375 g/mol. The van der Waals surface area contributed by atoms with Gasteiger partial charge in [0, 0.05) is 33.1 Å². The SMILES string of the molecule is CNC(=O)[C@@H]([C@H](O)[C@H](C)Cc1nc2cc(C(=O)N(C)C)ccc2[nH]1)N(C)C. The molecule has 0 bridgehead atoms. The molecule has 0 aliphatic rings. The van der Waals surface area contributed by atoms with Crippen LogP contribution in [0.4, 0.5) is 0 Å². The predicted octanol–water partition coefficient (Wildman–Crippen LogP) is 0.480. The van der Waals surface area contributed by atoms with Crippen LogP contribution in [0.25, 0.3) is 11.0 Å². The second-order valence-electron chi connectivity index (χ2n) is 7.31. The van der Waals surface area contributed by atoms with E-state index >= 15 is 0 Å². The number of fused-ring (bicyclic) bond motifs is 1. The van der Waals surface area contributed by atoms with Crippen molar-refractivity contribution in [3.8, 4) is 0 Å². The van der Waals surface area contributed by atoms with Gasteiger partial charge in [0.25, 0.3) is 5.91 Å². The fraction of sp³-hybridized carbons (Fsp3) is 0.526. The lowest BCUT2D eigenvalue weighted by Crippen LogP contribution is -2.52. The number of imidazole rings is 1. The van der Waals surface area contributed by atoms with Crippen molar-refractivity contribution in [3.05, 3.63) is 29.6 Å². The Kier molecular flexibility index (Phi) is 6.56. The Labute approximate surface area is 159 Å². The fourth-order valence-corrected chi connectivity index (χ4v) is 3.13. The number of H-pyrrole nitrogens is 1. The molecule has 27 heavy (non-hydrogen) atoms. The minimum Gasteiger partial charge on any atom is -0.391 e. The summed E-state index contributed by atoms with van der Waals surface area (Å²) in [6, 6.07) is 4.71. The number of aliphatic hydroxyl groups is 1. The summed E-state index contributed by atoms with van der Waals surface area (Å²) in [6.07, 6.45) is -0.368. The van der Waals surface area contributed by atoms with Gasteiger partial charge in [0.15, 0.2) is 0 Å². The summed E-state index contributed by atoms with van der Waals surface area (Å²) in [5.41, 5.74) is 2.11. The first-order valence-corrected chi connectivity index (χ1v) is 8.92. The topological polar surface area (TPSA) is 102 Å². The number of nitrogens with one attached hydrogen (secondary N) is 2. The largest absolute Gasteiger partial charge is 0.391 e. The van der Waals surface area contributed by atoms with E-state index in [1.165, 1.54) is 4.90 Å². The summed E-state index contributed by atoms with van der Waals surface area (Å²) in [6.45, 7) is 1.89. The maximum Gasteiger partial charge on any atom is 0.253 e. The van der Waals surface area contributed by atoms with Crippen LogP contribution in [-0.2, 0) is 11.2 Å². The average molecular weight is 375 g/mol. The van der Waals surface area contributed by atoms with Gasteiger partial charge in [-0.15, -0.1) is 0 Å². The Morgan fingerprint density at radius 2 is 1.93 bits per heavy atom. The molecule has 1 heterocycles. The molecule has 3 N–H and O–H groups in total. The van der Waals surface area contributed by atoms with Crippen molar-refractivity contribution >= 4 is 22.8 Å². The highest BCUT2D eigenvalue weighted by Gasteiger charge is 2.32. The molecule has 2 amide bonds. The van der Waals surface area contributed by atoms with Crippen molar-refractivity contribution in [3.63, 3.8) is 0 Å². The third kappa shape index (κ3) is 4.64. The Bertz CT molecular complexity index is 815. The number of likely N-dealkylation sites (N-methyl/N-ethyl adjacent to an activating group) is 2. The van der Waals surface area contributed by atoms with E-state index < -0.39 is 12.1 Å². The van der Waals surface area contributed by atoms with Crippen molar-refractivity contribution in [2.24, 2.45) is 5.92 Å². The van der Waals surface area contributed by atoms with Crippen LogP contribution in [0.5, 0.6) is 0 Å². The number of aromatic amines is 1. The van der Waals surface area contributed by atoms with Crippen LogP contribution in [-0.4, -0.2) is 84.1 Å². The molecule has 0 saturated heterocycles. The number of hydrogen-bond acceptors (Lipinski definition) is 5. The van der Waals surface area contributed by atoms with Crippen LogP contribution in [0.15, 0.2) is 18.2 Å². The molecular formula is C19H29N5O3. The van der Waals surface area contributed by atoms with Gasteiger partial charge < -0.3 is 20.3 Å². The van der Waals surface area contributed by atoms with Crippen LogP contribution < -0.4 is 5.32 Å². The van der Waals surface area contributed by atoms with Gasteiger partial charge >= 0.3 is 0 Å². The normalized spacial score (nSPS) is 14.8. The van der Waals surface area contributed by atoms with E-state index in [-0.39, 0.29) is 17.7 Å². The zero-order valence-electron chi connectivity index (χ0n) is 16.8. The maximum atomic E-state index is 12.1. The van der Waals surface area contributed by atoms with E-state index in [4.69, 9.17) is 0 Å².